The van der Waals surface area contributed by atoms with Crippen LogP contribution in [-0.4, -0.2) is 15.8 Å². The average molecular weight is 338 g/mol. The summed E-state index contributed by atoms with van der Waals surface area (Å²) < 4.78 is 14.9. The summed E-state index contributed by atoms with van der Waals surface area (Å²) in [6.45, 7) is 0.422. The number of carbonyl (C=O) groups is 1. The zero-order valence-corrected chi connectivity index (χ0v) is 13.8. The summed E-state index contributed by atoms with van der Waals surface area (Å²) in [5, 5.41) is 10.1. The summed E-state index contributed by atoms with van der Waals surface area (Å²) in [4.78, 5) is 12.3. The highest BCUT2D eigenvalue weighted by Crippen LogP contribution is 2.20. The third kappa shape index (κ3) is 4.44. The zero-order valence-electron chi connectivity index (χ0n) is 13.8. The molecule has 0 aliphatic rings. The first-order chi connectivity index (χ1) is 12.1. The van der Waals surface area contributed by atoms with E-state index in [9.17, 15) is 9.18 Å². The fourth-order valence-corrected chi connectivity index (χ4v) is 2.53. The van der Waals surface area contributed by atoms with Gasteiger partial charge in [0.1, 0.15) is 11.9 Å². The predicted octanol–water partition coefficient (Wildman–Crippen LogP) is 3.15. The van der Waals surface area contributed by atoms with Crippen molar-refractivity contribution < 1.29 is 9.18 Å². The topological polar surface area (TPSA) is 59.0 Å². The summed E-state index contributed by atoms with van der Waals surface area (Å²) >= 11 is 0. The van der Waals surface area contributed by atoms with Gasteiger partial charge in [0, 0.05) is 19.8 Å². The Morgan fingerprint density at radius 2 is 1.84 bits per heavy atom. The van der Waals surface area contributed by atoms with Gasteiger partial charge in [0.05, 0.1) is 5.69 Å². The van der Waals surface area contributed by atoms with Crippen LogP contribution in [0.2, 0.25) is 0 Å². The molecule has 3 rings (SSSR count). The Hall–Kier alpha value is -3.15. The number of amides is 2. The lowest BCUT2D eigenvalue weighted by atomic mass is 10.0. The monoisotopic (exact) mass is 338 g/mol. The number of nitrogens with zero attached hydrogens (tertiary/aromatic N) is 2. The second-order valence-corrected chi connectivity index (χ2v) is 5.71. The quantitative estimate of drug-likeness (QED) is 0.751. The Bertz CT molecular complexity index is 830. The van der Waals surface area contributed by atoms with Crippen LogP contribution >= 0.6 is 0 Å². The van der Waals surface area contributed by atoms with Gasteiger partial charge in [-0.15, -0.1) is 0 Å². The normalized spacial score (nSPS) is 11.8. The van der Waals surface area contributed by atoms with Crippen LogP contribution in [0, 0.1) is 5.82 Å². The number of rotatable bonds is 5. The maximum absolute atomic E-state index is 13.2. The van der Waals surface area contributed by atoms with E-state index >= 15 is 0 Å². The van der Waals surface area contributed by atoms with Gasteiger partial charge in [-0.1, -0.05) is 42.5 Å². The maximum atomic E-state index is 13.2. The number of halogens is 1. The van der Waals surface area contributed by atoms with E-state index in [1.54, 1.807) is 30.1 Å². The van der Waals surface area contributed by atoms with Crippen molar-refractivity contribution in [2.24, 2.45) is 7.05 Å². The molecular weight excluding hydrogens is 319 g/mol. The Kier molecular flexibility index (Phi) is 5.09. The SMILES string of the molecule is Cn1ccc([C@@H](NC(=O)NCc2ccccc2)c2ccc(F)cc2)n1. The first kappa shape index (κ1) is 16.7. The molecule has 0 spiro atoms. The molecule has 0 saturated carbocycles. The molecular formula is C19H19FN4O. The number of hydrogen-bond donors (Lipinski definition) is 2. The lowest BCUT2D eigenvalue weighted by Gasteiger charge is -2.18. The van der Waals surface area contributed by atoms with Crippen molar-refractivity contribution in [2.45, 2.75) is 12.6 Å². The molecule has 1 heterocycles. The van der Waals surface area contributed by atoms with Gasteiger partial charge in [0.2, 0.25) is 0 Å². The second kappa shape index (κ2) is 7.61. The molecule has 128 valence electrons. The third-order valence-corrected chi connectivity index (χ3v) is 3.80. The standard InChI is InChI=1S/C19H19FN4O/c1-24-12-11-17(23-24)18(15-7-9-16(20)10-8-15)22-19(25)21-13-14-5-3-2-4-6-14/h2-12,18H,13H2,1H3,(H2,21,22,25)/t18-/m0/s1. The summed E-state index contributed by atoms with van der Waals surface area (Å²) in [6, 6.07) is 16.7. The van der Waals surface area contributed by atoms with Crippen LogP contribution in [0.25, 0.3) is 0 Å². The predicted molar refractivity (Wildman–Crippen MR) is 93.3 cm³/mol. The Balaban J connectivity index is 1.73. The largest absolute Gasteiger partial charge is 0.334 e. The maximum Gasteiger partial charge on any atom is 0.315 e. The minimum Gasteiger partial charge on any atom is -0.334 e. The van der Waals surface area contributed by atoms with E-state index in [2.05, 4.69) is 15.7 Å². The van der Waals surface area contributed by atoms with Gasteiger partial charge in [-0.25, -0.2) is 9.18 Å². The van der Waals surface area contributed by atoms with Crippen LogP contribution in [-0.2, 0) is 13.6 Å². The number of aromatic nitrogens is 2. The van der Waals surface area contributed by atoms with Crippen molar-refractivity contribution in [1.82, 2.24) is 20.4 Å². The van der Waals surface area contributed by atoms with Crippen LogP contribution in [0.5, 0.6) is 0 Å². The van der Waals surface area contributed by atoms with Crippen LogP contribution in [0.3, 0.4) is 0 Å². The molecule has 5 nitrogen and oxygen atoms in total. The summed E-state index contributed by atoms with van der Waals surface area (Å²) in [5.74, 6) is -0.322. The van der Waals surface area contributed by atoms with Gasteiger partial charge in [-0.2, -0.15) is 5.10 Å². The van der Waals surface area contributed by atoms with Gasteiger partial charge < -0.3 is 10.6 Å². The molecule has 3 aromatic rings. The van der Waals surface area contributed by atoms with Gasteiger partial charge in [-0.05, 0) is 29.3 Å². The van der Waals surface area contributed by atoms with Crippen molar-refractivity contribution >= 4 is 6.03 Å². The molecule has 1 atom stereocenters. The van der Waals surface area contributed by atoms with Crippen LogP contribution in [0.15, 0.2) is 66.9 Å². The van der Waals surface area contributed by atoms with Crippen LogP contribution in [0.4, 0.5) is 9.18 Å². The highest BCUT2D eigenvalue weighted by molar-refractivity contribution is 5.75. The molecule has 2 aromatic carbocycles. The number of benzene rings is 2. The van der Waals surface area contributed by atoms with Gasteiger partial charge in [-0.3, -0.25) is 4.68 Å². The van der Waals surface area contributed by atoms with Crippen LogP contribution < -0.4 is 10.6 Å². The number of carbonyl (C=O) groups excluding carboxylic acids is 1. The molecule has 25 heavy (non-hydrogen) atoms. The molecule has 0 unspecified atom stereocenters. The fourth-order valence-electron chi connectivity index (χ4n) is 2.53. The van der Waals surface area contributed by atoms with E-state index < -0.39 is 6.04 Å². The second-order valence-electron chi connectivity index (χ2n) is 5.71. The Labute approximate surface area is 145 Å². The van der Waals surface area contributed by atoms with Gasteiger partial charge >= 0.3 is 6.03 Å². The van der Waals surface area contributed by atoms with Gasteiger partial charge in [0.25, 0.3) is 0 Å². The van der Waals surface area contributed by atoms with E-state index in [4.69, 9.17) is 0 Å². The highest BCUT2D eigenvalue weighted by atomic mass is 19.1. The van der Waals surface area contributed by atoms with Crippen molar-refractivity contribution in [3.05, 3.63) is 89.5 Å². The summed E-state index contributed by atoms with van der Waals surface area (Å²) in [7, 11) is 1.81. The van der Waals surface area contributed by atoms with E-state index in [-0.39, 0.29) is 11.8 Å². The number of hydrogen-bond acceptors (Lipinski definition) is 2. The van der Waals surface area contributed by atoms with E-state index in [1.807, 2.05) is 36.4 Å². The van der Waals surface area contributed by atoms with Crippen molar-refractivity contribution in [3.63, 3.8) is 0 Å². The molecule has 0 fully saturated rings. The van der Waals surface area contributed by atoms with Gasteiger partial charge in [0.15, 0.2) is 0 Å². The van der Waals surface area contributed by atoms with Crippen molar-refractivity contribution in [1.29, 1.82) is 0 Å². The summed E-state index contributed by atoms with van der Waals surface area (Å²) in [6.07, 6.45) is 1.80. The Morgan fingerprint density at radius 3 is 2.48 bits per heavy atom. The first-order valence-electron chi connectivity index (χ1n) is 7.95. The number of aryl methyl sites for hydroxylation is 1. The minimum atomic E-state index is -0.461. The van der Waals surface area contributed by atoms with E-state index in [1.165, 1.54) is 12.1 Å². The third-order valence-electron chi connectivity index (χ3n) is 3.80. The van der Waals surface area contributed by atoms with Crippen molar-refractivity contribution in [3.8, 4) is 0 Å². The first-order valence-corrected chi connectivity index (χ1v) is 7.95. The number of nitrogens with one attached hydrogen (secondary N) is 2. The van der Waals surface area contributed by atoms with E-state index in [0.717, 1.165) is 11.1 Å². The average Bonchev–Trinajstić information content (AvgIpc) is 3.06. The molecule has 0 aliphatic carbocycles. The molecule has 0 bridgehead atoms. The lowest BCUT2D eigenvalue weighted by Crippen LogP contribution is -2.38. The molecule has 0 saturated heterocycles. The van der Waals surface area contributed by atoms with E-state index in [0.29, 0.717) is 12.2 Å². The van der Waals surface area contributed by atoms with Crippen LogP contribution in [0.1, 0.15) is 22.9 Å². The molecule has 2 N–H and O–H groups in total. The molecule has 6 heteroatoms. The summed E-state index contributed by atoms with van der Waals surface area (Å²) in [5.41, 5.74) is 2.45. The molecule has 1 aromatic heterocycles. The molecule has 0 radical (unpaired) electrons. The number of urea groups is 1. The van der Waals surface area contributed by atoms with Crippen molar-refractivity contribution in [2.75, 3.05) is 0 Å². The minimum absolute atomic E-state index is 0.316. The highest BCUT2D eigenvalue weighted by Gasteiger charge is 2.19. The molecule has 0 aliphatic heterocycles. The fraction of sp³-hybridized carbons (Fsp3) is 0.158. The smallest absolute Gasteiger partial charge is 0.315 e. The lowest BCUT2D eigenvalue weighted by molar-refractivity contribution is 0.238. The zero-order chi connectivity index (χ0) is 17.6. The Morgan fingerprint density at radius 1 is 1.12 bits per heavy atom. The molecule has 2 amide bonds.